The number of aryl methyl sites for hydroxylation is 1. The van der Waals surface area contributed by atoms with E-state index in [1.54, 1.807) is 4.57 Å². The number of nitrogens with one attached hydrogen (secondary N) is 1. The van der Waals surface area contributed by atoms with Crippen molar-refractivity contribution in [2.45, 2.75) is 39.7 Å². The SMILES string of the molecule is Cc1csc(=O)n1CCC(=O)NCCN1CCC[C@H](C)C1. The van der Waals surface area contributed by atoms with Gasteiger partial charge in [0.1, 0.15) is 0 Å². The molecule has 0 unspecified atom stereocenters. The fraction of sp³-hybridized carbons (Fsp3) is 0.733. The van der Waals surface area contributed by atoms with Gasteiger partial charge in [-0.05, 0) is 32.2 Å². The zero-order chi connectivity index (χ0) is 15.2. The summed E-state index contributed by atoms with van der Waals surface area (Å²) in [5.74, 6) is 0.792. The quantitative estimate of drug-likeness (QED) is 0.865. The summed E-state index contributed by atoms with van der Waals surface area (Å²) in [5, 5.41) is 4.78. The van der Waals surface area contributed by atoms with Crippen LogP contribution in [0.1, 0.15) is 31.9 Å². The number of piperidine rings is 1. The van der Waals surface area contributed by atoms with E-state index in [0.29, 0.717) is 19.5 Å². The summed E-state index contributed by atoms with van der Waals surface area (Å²) >= 11 is 1.19. The number of hydrogen-bond acceptors (Lipinski definition) is 4. The molecular weight excluding hydrogens is 286 g/mol. The number of thiazole rings is 1. The monoisotopic (exact) mass is 311 g/mol. The van der Waals surface area contributed by atoms with Gasteiger partial charge in [0.15, 0.2) is 0 Å². The number of likely N-dealkylation sites (tertiary alicyclic amines) is 1. The molecular formula is C15H25N3O2S. The highest BCUT2D eigenvalue weighted by Crippen LogP contribution is 2.14. The molecule has 118 valence electrons. The van der Waals surface area contributed by atoms with Crippen molar-refractivity contribution in [2.75, 3.05) is 26.2 Å². The molecule has 0 bridgehead atoms. The Morgan fingerprint density at radius 3 is 2.95 bits per heavy atom. The zero-order valence-electron chi connectivity index (χ0n) is 12.9. The van der Waals surface area contributed by atoms with Gasteiger partial charge in [-0.3, -0.25) is 9.59 Å². The van der Waals surface area contributed by atoms with E-state index in [1.807, 2.05) is 12.3 Å². The Balaban J connectivity index is 1.65. The van der Waals surface area contributed by atoms with Crippen LogP contribution in [0.2, 0.25) is 0 Å². The molecule has 1 N–H and O–H groups in total. The fourth-order valence-corrected chi connectivity index (χ4v) is 3.58. The van der Waals surface area contributed by atoms with Crippen LogP contribution in [0.5, 0.6) is 0 Å². The minimum Gasteiger partial charge on any atom is -0.355 e. The Kier molecular flexibility index (Phi) is 5.99. The lowest BCUT2D eigenvalue weighted by Gasteiger charge is -2.30. The van der Waals surface area contributed by atoms with Crippen LogP contribution in [0.3, 0.4) is 0 Å². The largest absolute Gasteiger partial charge is 0.355 e. The summed E-state index contributed by atoms with van der Waals surface area (Å²) < 4.78 is 1.66. The average molecular weight is 311 g/mol. The first kappa shape index (κ1) is 16.2. The smallest absolute Gasteiger partial charge is 0.307 e. The molecule has 5 nitrogen and oxygen atoms in total. The lowest BCUT2D eigenvalue weighted by molar-refractivity contribution is -0.121. The Morgan fingerprint density at radius 1 is 1.48 bits per heavy atom. The molecule has 0 radical (unpaired) electrons. The molecule has 1 aliphatic rings. The molecule has 1 aromatic rings. The second-order valence-corrected chi connectivity index (χ2v) is 6.76. The van der Waals surface area contributed by atoms with Gasteiger partial charge in [0.25, 0.3) is 0 Å². The number of hydrogen-bond donors (Lipinski definition) is 1. The van der Waals surface area contributed by atoms with Crippen LogP contribution in [0, 0.1) is 12.8 Å². The van der Waals surface area contributed by atoms with E-state index in [9.17, 15) is 9.59 Å². The van der Waals surface area contributed by atoms with Crippen LogP contribution in [-0.2, 0) is 11.3 Å². The van der Waals surface area contributed by atoms with E-state index in [4.69, 9.17) is 0 Å². The highest BCUT2D eigenvalue weighted by molar-refractivity contribution is 7.07. The second-order valence-electron chi connectivity index (χ2n) is 5.94. The Bertz CT molecular complexity index is 523. The van der Waals surface area contributed by atoms with Crippen molar-refractivity contribution in [1.82, 2.24) is 14.8 Å². The van der Waals surface area contributed by atoms with Gasteiger partial charge in [-0.1, -0.05) is 18.3 Å². The summed E-state index contributed by atoms with van der Waals surface area (Å²) in [5.41, 5.74) is 0.931. The van der Waals surface area contributed by atoms with Crippen molar-refractivity contribution in [2.24, 2.45) is 5.92 Å². The highest BCUT2D eigenvalue weighted by atomic mass is 32.1. The standard InChI is InChI=1S/C15H25N3O2S/c1-12-4-3-7-17(10-12)9-6-16-14(19)5-8-18-13(2)11-21-15(18)20/h11-12H,3-10H2,1-2H3,(H,16,19)/t12-/m0/s1. The minimum absolute atomic E-state index is 0.0163. The third-order valence-corrected chi connectivity index (χ3v) is 4.91. The molecule has 0 saturated carbocycles. The highest BCUT2D eigenvalue weighted by Gasteiger charge is 2.15. The maximum atomic E-state index is 11.8. The molecule has 6 heteroatoms. The zero-order valence-corrected chi connectivity index (χ0v) is 13.7. The number of nitrogens with zero attached hydrogens (tertiary/aromatic N) is 2. The molecule has 1 aromatic heterocycles. The predicted molar refractivity (Wildman–Crippen MR) is 85.8 cm³/mol. The summed E-state index contributed by atoms with van der Waals surface area (Å²) in [6, 6.07) is 0. The van der Waals surface area contributed by atoms with Crippen molar-refractivity contribution in [3.8, 4) is 0 Å². The average Bonchev–Trinajstić information content (AvgIpc) is 2.76. The van der Waals surface area contributed by atoms with E-state index in [-0.39, 0.29) is 10.8 Å². The molecule has 0 spiro atoms. The maximum Gasteiger partial charge on any atom is 0.307 e. The molecule has 1 aliphatic heterocycles. The normalized spacial score (nSPS) is 19.6. The molecule has 0 aliphatic carbocycles. The van der Waals surface area contributed by atoms with E-state index >= 15 is 0 Å². The Morgan fingerprint density at radius 2 is 2.29 bits per heavy atom. The topological polar surface area (TPSA) is 54.3 Å². The van der Waals surface area contributed by atoms with E-state index in [2.05, 4.69) is 17.1 Å². The predicted octanol–water partition coefficient (Wildman–Crippen LogP) is 1.46. The van der Waals surface area contributed by atoms with Gasteiger partial charge in [0.05, 0.1) is 0 Å². The number of aromatic nitrogens is 1. The number of carbonyl (C=O) groups is 1. The van der Waals surface area contributed by atoms with Gasteiger partial charge in [-0.15, -0.1) is 0 Å². The molecule has 1 fully saturated rings. The molecule has 2 heterocycles. The van der Waals surface area contributed by atoms with Gasteiger partial charge in [0, 0.05) is 43.7 Å². The number of rotatable bonds is 6. The number of carbonyl (C=O) groups excluding carboxylic acids is 1. The lowest BCUT2D eigenvalue weighted by atomic mass is 10.0. The first-order chi connectivity index (χ1) is 10.1. The van der Waals surface area contributed by atoms with Crippen molar-refractivity contribution in [3.05, 3.63) is 20.7 Å². The number of amides is 1. The van der Waals surface area contributed by atoms with Gasteiger partial charge in [-0.25, -0.2) is 0 Å². The summed E-state index contributed by atoms with van der Waals surface area (Å²) in [6.07, 6.45) is 2.95. The van der Waals surface area contributed by atoms with Crippen LogP contribution in [0.15, 0.2) is 10.2 Å². The Hall–Kier alpha value is -1.14. The molecule has 1 atom stereocenters. The van der Waals surface area contributed by atoms with Gasteiger partial charge >= 0.3 is 4.87 Å². The minimum atomic E-state index is 0.0163. The van der Waals surface area contributed by atoms with Crippen molar-refractivity contribution in [1.29, 1.82) is 0 Å². The summed E-state index contributed by atoms with van der Waals surface area (Å²) in [6.45, 7) is 8.55. The van der Waals surface area contributed by atoms with Gasteiger partial charge in [-0.2, -0.15) is 0 Å². The molecule has 2 rings (SSSR count). The summed E-state index contributed by atoms with van der Waals surface area (Å²) in [4.78, 5) is 25.8. The molecule has 1 saturated heterocycles. The first-order valence-electron chi connectivity index (χ1n) is 7.70. The van der Waals surface area contributed by atoms with Crippen LogP contribution < -0.4 is 10.2 Å². The van der Waals surface area contributed by atoms with E-state index < -0.39 is 0 Å². The second kappa shape index (κ2) is 7.75. The van der Waals surface area contributed by atoms with Crippen LogP contribution in [0.4, 0.5) is 0 Å². The van der Waals surface area contributed by atoms with Crippen LogP contribution in [0.25, 0.3) is 0 Å². The first-order valence-corrected chi connectivity index (χ1v) is 8.58. The molecule has 21 heavy (non-hydrogen) atoms. The third kappa shape index (κ3) is 4.97. The lowest BCUT2D eigenvalue weighted by Crippen LogP contribution is -2.40. The van der Waals surface area contributed by atoms with E-state index in [0.717, 1.165) is 31.2 Å². The van der Waals surface area contributed by atoms with Crippen LogP contribution in [-0.4, -0.2) is 41.6 Å². The maximum absolute atomic E-state index is 11.8. The molecule has 0 aromatic carbocycles. The van der Waals surface area contributed by atoms with E-state index in [1.165, 1.54) is 24.2 Å². The van der Waals surface area contributed by atoms with Crippen molar-refractivity contribution in [3.63, 3.8) is 0 Å². The summed E-state index contributed by atoms with van der Waals surface area (Å²) in [7, 11) is 0. The third-order valence-electron chi connectivity index (χ3n) is 4.03. The fourth-order valence-electron chi connectivity index (χ4n) is 2.82. The molecule has 1 amide bonds. The van der Waals surface area contributed by atoms with Crippen LogP contribution >= 0.6 is 11.3 Å². The van der Waals surface area contributed by atoms with Gasteiger partial charge in [0.2, 0.25) is 5.91 Å². The Labute approximate surface area is 130 Å². The van der Waals surface area contributed by atoms with Gasteiger partial charge < -0.3 is 14.8 Å². The van der Waals surface area contributed by atoms with Crippen molar-refractivity contribution < 1.29 is 4.79 Å². The van der Waals surface area contributed by atoms with Crippen molar-refractivity contribution >= 4 is 17.2 Å².